The van der Waals surface area contributed by atoms with Gasteiger partial charge in [0.15, 0.2) is 6.29 Å². The van der Waals surface area contributed by atoms with Crippen LogP contribution in [0.3, 0.4) is 0 Å². The molecule has 3 rings (SSSR count). The number of hydrogen-bond acceptors (Lipinski definition) is 3. The van der Waals surface area contributed by atoms with E-state index < -0.39 is 0 Å². The summed E-state index contributed by atoms with van der Waals surface area (Å²) in [7, 11) is 0. The summed E-state index contributed by atoms with van der Waals surface area (Å²) in [5.41, 5.74) is 4.18. The SMILES string of the molecule is CC(C)(C)c1ccc(Cn2nnc(C=O)c2C2CC2)cc1. The van der Waals surface area contributed by atoms with E-state index in [0.717, 1.165) is 24.8 Å². The van der Waals surface area contributed by atoms with Crippen molar-refractivity contribution in [2.24, 2.45) is 0 Å². The Morgan fingerprint density at radius 2 is 1.90 bits per heavy atom. The van der Waals surface area contributed by atoms with Gasteiger partial charge in [0.05, 0.1) is 12.2 Å². The first kappa shape index (κ1) is 14.0. The van der Waals surface area contributed by atoms with Gasteiger partial charge in [0.25, 0.3) is 0 Å². The maximum atomic E-state index is 11.1. The molecule has 0 N–H and O–H groups in total. The summed E-state index contributed by atoms with van der Waals surface area (Å²) < 4.78 is 1.88. The molecule has 1 saturated carbocycles. The molecule has 2 aromatic rings. The van der Waals surface area contributed by atoms with Crippen LogP contribution < -0.4 is 0 Å². The molecule has 21 heavy (non-hydrogen) atoms. The summed E-state index contributed by atoms with van der Waals surface area (Å²) in [6.07, 6.45) is 3.09. The van der Waals surface area contributed by atoms with Crippen molar-refractivity contribution in [2.75, 3.05) is 0 Å². The van der Waals surface area contributed by atoms with Gasteiger partial charge in [-0.2, -0.15) is 0 Å². The van der Waals surface area contributed by atoms with Gasteiger partial charge in [-0.15, -0.1) is 5.10 Å². The van der Waals surface area contributed by atoms with Crippen molar-refractivity contribution >= 4 is 6.29 Å². The minimum absolute atomic E-state index is 0.162. The largest absolute Gasteiger partial charge is 0.296 e. The zero-order chi connectivity index (χ0) is 15.0. The van der Waals surface area contributed by atoms with Crippen LogP contribution in [0, 0.1) is 0 Å². The molecule has 4 nitrogen and oxygen atoms in total. The minimum Gasteiger partial charge on any atom is -0.296 e. The predicted molar refractivity (Wildman–Crippen MR) is 81.6 cm³/mol. The lowest BCUT2D eigenvalue weighted by atomic mass is 9.87. The van der Waals surface area contributed by atoms with Crippen molar-refractivity contribution < 1.29 is 4.79 Å². The third-order valence-corrected chi connectivity index (χ3v) is 4.03. The Labute approximate surface area is 125 Å². The van der Waals surface area contributed by atoms with Gasteiger partial charge in [-0.3, -0.25) is 4.79 Å². The summed E-state index contributed by atoms with van der Waals surface area (Å²) in [4.78, 5) is 11.1. The lowest BCUT2D eigenvalue weighted by molar-refractivity contribution is 0.111. The first-order valence-corrected chi connectivity index (χ1v) is 7.47. The Kier molecular flexibility index (Phi) is 3.40. The van der Waals surface area contributed by atoms with Crippen LogP contribution in [0.4, 0.5) is 0 Å². The van der Waals surface area contributed by atoms with Crippen LogP contribution in [0.1, 0.15) is 66.8 Å². The maximum Gasteiger partial charge on any atom is 0.172 e. The molecule has 0 saturated heterocycles. The summed E-state index contributed by atoms with van der Waals surface area (Å²) in [5.74, 6) is 0.467. The average Bonchev–Trinajstić information content (AvgIpc) is 3.20. The summed E-state index contributed by atoms with van der Waals surface area (Å²) >= 11 is 0. The highest BCUT2D eigenvalue weighted by Gasteiger charge is 2.31. The van der Waals surface area contributed by atoms with Gasteiger partial charge >= 0.3 is 0 Å². The van der Waals surface area contributed by atoms with Crippen LogP contribution in [0.25, 0.3) is 0 Å². The normalized spacial score (nSPS) is 15.2. The Balaban J connectivity index is 1.84. The minimum atomic E-state index is 0.162. The van der Waals surface area contributed by atoms with E-state index in [1.165, 1.54) is 11.1 Å². The standard InChI is InChI=1S/C17H21N3O/c1-17(2,3)14-8-4-12(5-9-14)10-20-16(13-6-7-13)15(11-21)18-19-20/h4-5,8-9,11,13H,6-7,10H2,1-3H3. The highest BCUT2D eigenvalue weighted by Crippen LogP contribution is 2.40. The first-order chi connectivity index (χ1) is 9.99. The van der Waals surface area contributed by atoms with Crippen LogP contribution >= 0.6 is 0 Å². The number of nitrogens with zero attached hydrogens (tertiary/aromatic N) is 3. The zero-order valence-electron chi connectivity index (χ0n) is 12.8. The highest BCUT2D eigenvalue weighted by molar-refractivity contribution is 5.73. The number of hydrogen-bond donors (Lipinski definition) is 0. The second-order valence-corrected chi connectivity index (χ2v) is 6.86. The number of aromatic nitrogens is 3. The van der Waals surface area contributed by atoms with E-state index in [4.69, 9.17) is 0 Å². The lowest BCUT2D eigenvalue weighted by Gasteiger charge is -2.19. The molecule has 1 aliphatic rings. The molecule has 0 atom stereocenters. The van der Waals surface area contributed by atoms with E-state index in [0.29, 0.717) is 18.2 Å². The molecule has 1 heterocycles. The monoisotopic (exact) mass is 283 g/mol. The fourth-order valence-corrected chi connectivity index (χ4v) is 2.59. The molecule has 1 aromatic heterocycles. The maximum absolute atomic E-state index is 11.1. The van der Waals surface area contributed by atoms with Gasteiger partial charge in [0.2, 0.25) is 0 Å². The number of rotatable bonds is 4. The summed E-state index contributed by atoms with van der Waals surface area (Å²) in [6.45, 7) is 7.31. The van der Waals surface area contributed by atoms with E-state index in [9.17, 15) is 4.79 Å². The Morgan fingerprint density at radius 1 is 1.24 bits per heavy atom. The molecule has 0 bridgehead atoms. The fraction of sp³-hybridized carbons (Fsp3) is 0.471. The van der Waals surface area contributed by atoms with E-state index >= 15 is 0 Å². The third kappa shape index (κ3) is 2.89. The molecule has 0 aliphatic heterocycles. The summed E-state index contributed by atoms with van der Waals surface area (Å²) in [5, 5.41) is 8.14. The van der Waals surface area contributed by atoms with Gasteiger partial charge in [-0.1, -0.05) is 50.3 Å². The van der Waals surface area contributed by atoms with Gasteiger partial charge in [0, 0.05) is 5.92 Å². The smallest absolute Gasteiger partial charge is 0.172 e. The molecule has 1 fully saturated rings. The molecule has 0 spiro atoms. The van der Waals surface area contributed by atoms with Gasteiger partial charge in [0.1, 0.15) is 5.69 Å². The molecule has 110 valence electrons. The van der Waals surface area contributed by atoms with Gasteiger partial charge < -0.3 is 0 Å². The van der Waals surface area contributed by atoms with Crippen molar-refractivity contribution in [1.82, 2.24) is 15.0 Å². The van der Waals surface area contributed by atoms with Crippen LogP contribution in [0.2, 0.25) is 0 Å². The molecular formula is C17H21N3O. The number of carbonyl (C=O) groups is 1. The Hall–Kier alpha value is -1.97. The van der Waals surface area contributed by atoms with Crippen LogP contribution in [-0.4, -0.2) is 21.3 Å². The van der Waals surface area contributed by atoms with Crippen LogP contribution in [-0.2, 0) is 12.0 Å². The van der Waals surface area contributed by atoms with E-state index in [1.54, 1.807) is 0 Å². The van der Waals surface area contributed by atoms with Crippen molar-refractivity contribution in [3.05, 3.63) is 46.8 Å². The van der Waals surface area contributed by atoms with E-state index in [1.807, 2.05) is 4.68 Å². The average molecular weight is 283 g/mol. The number of benzene rings is 1. The Morgan fingerprint density at radius 3 is 2.43 bits per heavy atom. The van der Waals surface area contributed by atoms with Gasteiger partial charge in [-0.05, 0) is 29.4 Å². The molecule has 0 unspecified atom stereocenters. The second-order valence-electron chi connectivity index (χ2n) is 6.86. The third-order valence-electron chi connectivity index (χ3n) is 4.03. The quantitative estimate of drug-likeness (QED) is 0.809. The molecule has 4 heteroatoms. The first-order valence-electron chi connectivity index (χ1n) is 7.47. The van der Waals surface area contributed by atoms with Crippen LogP contribution in [0.15, 0.2) is 24.3 Å². The molecule has 1 aliphatic carbocycles. The predicted octanol–water partition coefficient (Wildman–Crippen LogP) is 3.31. The van der Waals surface area contributed by atoms with Crippen molar-refractivity contribution in [1.29, 1.82) is 0 Å². The number of aldehydes is 1. The van der Waals surface area contributed by atoms with Crippen molar-refractivity contribution in [3.8, 4) is 0 Å². The second kappa shape index (κ2) is 5.10. The van der Waals surface area contributed by atoms with Crippen molar-refractivity contribution in [2.45, 2.75) is 51.5 Å². The topological polar surface area (TPSA) is 47.8 Å². The van der Waals surface area contributed by atoms with Gasteiger partial charge in [-0.25, -0.2) is 4.68 Å². The van der Waals surface area contributed by atoms with E-state index in [-0.39, 0.29) is 5.41 Å². The molecule has 1 aromatic carbocycles. The van der Waals surface area contributed by atoms with E-state index in [2.05, 4.69) is 55.3 Å². The summed E-state index contributed by atoms with van der Waals surface area (Å²) in [6, 6.07) is 8.62. The highest BCUT2D eigenvalue weighted by atomic mass is 16.1. The zero-order valence-corrected chi connectivity index (χ0v) is 12.8. The lowest BCUT2D eigenvalue weighted by Crippen LogP contribution is -2.11. The molecule has 0 radical (unpaired) electrons. The Bertz CT molecular complexity index is 646. The fourth-order valence-electron chi connectivity index (χ4n) is 2.59. The van der Waals surface area contributed by atoms with Crippen LogP contribution in [0.5, 0.6) is 0 Å². The number of carbonyl (C=O) groups excluding carboxylic acids is 1. The molecule has 0 amide bonds. The van der Waals surface area contributed by atoms with Crippen molar-refractivity contribution in [3.63, 3.8) is 0 Å². The molecular weight excluding hydrogens is 262 g/mol.